The summed E-state index contributed by atoms with van der Waals surface area (Å²) in [5.74, 6) is -1.33. The summed E-state index contributed by atoms with van der Waals surface area (Å²) >= 11 is 0. The van der Waals surface area contributed by atoms with Crippen molar-refractivity contribution in [1.29, 1.82) is 0 Å². The first-order valence-electron chi connectivity index (χ1n) is 6.18. The summed E-state index contributed by atoms with van der Waals surface area (Å²) < 4.78 is 49.4. The van der Waals surface area contributed by atoms with Gasteiger partial charge in [0.2, 0.25) is 10.0 Å². The highest BCUT2D eigenvalue weighted by Crippen LogP contribution is 2.16. The van der Waals surface area contributed by atoms with Crippen LogP contribution in [0.25, 0.3) is 0 Å². The number of sulfone groups is 1. The van der Waals surface area contributed by atoms with Crippen LogP contribution in [-0.4, -0.2) is 39.7 Å². The van der Waals surface area contributed by atoms with Crippen molar-refractivity contribution in [3.05, 3.63) is 24.3 Å². The second-order valence-corrected chi connectivity index (χ2v) is 8.29. The Morgan fingerprint density at radius 3 is 2.05 bits per heavy atom. The molecule has 0 saturated heterocycles. The molecule has 1 aromatic carbocycles. The van der Waals surface area contributed by atoms with Crippen LogP contribution in [0.3, 0.4) is 0 Å². The van der Waals surface area contributed by atoms with Crippen molar-refractivity contribution in [3.8, 4) is 0 Å². The molecule has 0 aromatic heterocycles. The van der Waals surface area contributed by atoms with Gasteiger partial charge in [-0.1, -0.05) is 6.92 Å². The average Bonchev–Trinajstić information content (AvgIpc) is 2.38. The minimum atomic E-state index is -4.00. The Hall–Kier alpha value is -1.45. The minimum Gasteiger partial charge on any atom is -0.480 e. The number of hydrogen-bond donors (Lipinski definition) is 2. The Labute approximate surface area is 124 Å². The highest BCUT2D eigenvalue weighted by atomic mass is 32.2. The van der Waals surface area contributed by atoms with Gasteiger partial charge < -0.3 is 5.11 Å². The molecule has 0 saturated carbocycles. The lowest BCUT2D eigenvalue weighted by Crippen LogP contribution is -2.38. The number of carboxylic acids is 1. The molecule has 0 spiro atoms. The molecule has 21 heavy (non-hydrogen) atoms. The third-order valence-electron chi connectivity index (χ3n) is 2.67. The number of rotatable bonds is 7. The fourth-order valence-electron chi connectivity index (χ4n) is 1.56. The van der Waals surface area contributed by atoms with E-state index in [2.05, 4.69) is 0 Å². The third kappa shape index (κ3) is 4.51. The largest absolute Gasteiger partial charge is 0.480 e. The van der Waals surface area contributed by atoms with Crippen molar-refractivity contribution in [2.24, 2.45) is 0 Å². The van der Waals surface area contributed by atoms with E-state index in [0.717, 1.165) is 12.1 Å². The molecule has 2 N–H and O–H groups in total. The van der Waals surface area contributed by atoms with Gasteiger partial charge in [-0.15, -0.1) is 0 Å². The van der Waals surface area contributed by atoms with Gasteiger partial charge in [0, 0.05) is 0 Å². The van der Waals surface area contributed by atoms with E-state index in [4.69, 9.17) is 5.11 Å². The summed E-state index contributed by atoms with van der Waals surface area (Å²) in [6.07, 6.45) is 0.458. The topological polar surface area (TPSA) is 118 Å². The third-order valence-corrected chi connectivity index (χ3v) is 6.16. The molecule has 0 heterocycles. The molecule has 0 aliphatic carbocycles. The summed E-state index contributed by atoms with van der Waals surface area (Å²) in [6.45, 7) is 2.92. The Kier molecular flexibility index (Phi) is 5.48. The smallest absolute Gasteiger partial charge is 0.321 e. The molecule has 7 nitrogen and oxygen atoms in total. The highest BCUT2D eigenvalue weighted by Gasteiger charge is 2.22. The predicted octanol–water partition coefficient (Wildman–Crippen LogP) is 0.622. The van der Waals surface area contributed by atoms with Gasteiger partial charge in [0.1, 0.15) is 6.04 Å². The van der Waals surface area contributed by atoms with E-state index in [1.165, 1.54) is 19.1 Å². The quantitative estimate of drug-likeness (QED) is 0.754. The monoisotopic (exact) mass is 335 g/mol. The zero-order chi connectivity index (χ0) is 16.3. The van der Waals surface area contributed by atoms with E-state index in [-0.39, 0.29) is 15.5 Å². The van der Waals surface area contributed by atoms with Gasteiger partial charge >= 0.3 is 5.97 Å². The number of carbonyl (C=O) groups is 1. The van der Waals surface area contributed by atoms with Crippen molar-refractivity contribution in [2.75, 3.05) is 5.75 Å². The second-order valence-electron chi connectivity index (χ2n) is 4.47. The fourth-order valence-corrected chi connectivity index (χ4v) is 4.08. The summed E-state index contributed by atoms with van der Waals surface area (Å²) in [4.78, 5) is 10.5. The van der Waals surface area contributed by atoms with Crippen LogP contribution < -0.4 is 4.72 Å². The molecule has 9 heteroatoms. The molecule has 0 aliphatic heterocycles. The molecule has 0 amide bonds. The number of aliphatic carboxylic acids is 1. The minimum absolute atomic E-state index is 0.0204. The molecular weight excluding hydrogens is 318 g/mol. The first-order chi connectivity index (χ1) is 9.60. The Balaban J connectivity index is 3.05. The molecule has 0 fully saturated rings. The standard InChI is InChI=1S/C12H17NO6S2/c1-3-8-20(16,17)10-4-6-11(7-5-10)21(18,19)13-9(2)12(14)15/h4-7,9,13H,3,8H2,1-2H3,(H,14,15)/t9-/m1/s1. The van der Waals surface area contributed by atoms with Crippen LogP contribution in [0.15, 0.2) is 34.1 Å². The van der Waals surface area contributed by atoms with Crippen molar-refractivity contribution < 1.29 is 26.7 Å². The number of benzene rings is 1. The number of carboxylic acid groups (broad SMARTS) is 1. The van der Waals surface area contributed by atoms with Gasteiger partial charge in [-0.05, 0) is 37.6 Å². The first kappa shape index (κ1) is 17.6. The fraction of sp³-hybridized carbons (Fsp3) is 0.417. The number of sulfonamides is 1. The molecule has 0 bridgehead atoms. The maximum atomic E-state index is 11.9. The Morgan fingerprint density at radius 1 is 1.14 bits per heavy atom. The first-order valence-corrected chi connectivity index (χ1v) is 9.31. The van der Waals surface area contributed by atoms with E-state index in [9.17, 15) is 21.6 Å². The average molecular weight is 335 g/mol. The normalized spacial score (nSPS) is 13.8. The van der Waals surface area contributed by atoms with Gasteiger partial charge in [0.15, 0.2) is 9.84 Å². The molecular formula is C12H17NO6S2. The lowest BCUT2D eigenvalue weighted by atomic mass is 10.4. The zero-order valence-corrected chi connectivity index (χ0v) is 13.2. The van der Waals surface area contributed by atoms with Gasteiger partial charge in [-0.3, -0.25) is 4.79 Å². The maximum absolute atomic E-state index is 11.9. The Morgan fingerprint density at radius 2 is 1.62 bits per heavy atom. The summed E-state index contributed by atoms with van der Waals surface area (Å²) in [6, 6.07) is 3.40. The van der Waals surface area contributed by atoms with E-state index < -0.39 is 31.9 Å². The number of nitrogens with one attached hydrogen (secondary N) is 1. The van der Waals surface area contributed by atoms with Crippen LogP contribution >= 0.6 is 0 Å². The molecule has 1 rings (SSSR count). The molecule has 0 unspecified atom stereocenters. The molecule has 1 aromatic rings. The van der Waals surface area contributed by atoms with E-state index >= 15 is 0 Å². The lowest BCUT2D eigenvalue weighted by molar-refractivity contribution is -0.138. The van der Waals surface area contributed by atoms with Crippen LogP contribution in [0.4, 0.5) is 0 Å². The zero-order valence-electron chi connectivity index (χ0n) is 11.6. The summed E-state index contributed by atoms with van der Waals surface area (Å²) in [7, 11) is -7.42. The highest BCUT2D eigenvalue weighted by molar-refractivity contribution is 7.91. The van der Waals surface area contributed by atoms with Crippen molar-refractivity contribution in [1.82, 2.24) is 4.72 Å². The van der Waals surface area contributed by atoms with E-state index in [1.54, 1.807) is 6.92 Å². The van der Waals surface area contributed by atoms with Crippen LogP contribution in [0, 0.1) is 0 Å². The van der Waals surface area contributed by atoms with Crippen LogP contribution in [0.1, 0.15) is 20.3 Å². The van der Waals surface area contributed by atoms with Gasteiger partial charge in [0.25, 0.3) is 0 Å². The SMILES string of the molecule is CCCS(=O)(=O)c1ccc(S(=O)(=O)N[C@H](C)C(=O)O)cc1. The molecule has 118 valence electrons. The molecule has 0 aliphatic rings. The second kappa shape index (κ2) is 6.54. The Bertz CT molecular complexity index is 707. The maximum Gasteiger partial charge on any atom is 0.321 e. The molecule has 0 radical (unpaired) electrons. The van der Waals surface area contributed by atoms with Gasteiger partial charge in [0.05, 0.1) is 15.5 Å². The number of hydrogen-bond acceptors (Lipinski definition) is 5. The summed E-state index contributed by atoms with van der Waals surface area (Å²) in [5, 5.41) is 8.70. The lowest BCUT2D eigenvalue weighted by Gasteiger charge is -2.10. The summed E-state index contributed by atoms with van der Waals surface area (Å²) in [5.41, 5.74) is 0. The van der Waals surface area contributed by atoms with Crippen molar-refractivity contribution >= 4 is 25.8 Å². The van der Waals surface area contributed by atoms with Crippen molar-refractivity contribution in [2.45, 2.75) is 36.1 Å². The van der Waals surface area contributed by atoms with Crippen LogP contribution in [-0.2, 0) is 24.7 Å². The van der Waals surface area contributed by atoms with Crippen molar-refractivity contribution in [3.63, 3.8) is 0 Å². The van der Waals surface area contributed by atoms with Crippen LogP contribution in [0.2, 0.25) is 0 Å². The van der Waals surface area contributed by atoms with E-state index in [1.807, 2.05) is 4.72 Å². The van der Waals surface area contributed by atoms with Gasteiger partial charge in [-0.2, -0.15) is 4.72 Å². The predicted molar refractivity (Wildman–Crippen MR) is 76.2 cm³/mol. The van der Waals surface area contributed by atoms with E-state index in [0.29, 0.717) is 6.42 Å². The van der Waals surface area contributed by atoms with Gasteiger partial charge in [-0.25, -0.2) is 16.8 Å². The molecule has 1 atom stereocenters. The van der Waals surface area contributed by atoms with Crippen LogP contribution in [0.5, 0.6) is 0 Å².